The minimum absolute atomic E-state index is 0.0221. The number of rotatable bonds is 4. The number of hydrogen-bond donors (Lipinski definition) is 2. The third kappa shape index (κ3) is 4.76. The number of aromatic amines is 1. The number of aromatic nitrogens is 1. The van der Waals surface area contributed by atoms with Crippen LogP contribution in [0.3, 0.4) is 0 Å². The third-order valence-electron chi connectivity index (χ3n) is 4.54. The van der Waals surface area contributed by atoms with Crippen LogP contribution in [0.2, 0.25) is 5.02 Å². The van der Waals surface area contributed by atoms with Crippen molar-refractivity contribution in [3.63, 3.8) is 0 Å². The minimum atomic E-state index is -4.92. The summed E-state index contributed by atoms with van der Waals surface area (Å²) in [5.41, 5.74) is -1.57. The molecule has 2 N–H and O–H groups in total. The van der Waals surface area contributed by atoms with Crippen molar-refractivity contribution in [1.29, 1.82) is 0 Å². The summed E-state index contributed by atoms with van der Waals surface area (Å²) in [6, 6.07) is 5.07. The zero-order valence-corrected chi connectivity index (χ0v) is 17.1. The van der Waals surface area contributed by atoms with E-state index >= 15 is 0 Å². The Morgan fingerprint density at radius 2 is 1.90 bits per heavy atom. The largest absolute Gasteiger partial charge is 0.417 e. The Bertz CT molecular complexity index is 1200. The van der Waals surface area contributed by atoms with Crippen LogP contribution in [0.25, 0.3) is 5.57 Å². The number of carbonyl (C=O) groups excluding carboxylic acids is 1. The van der Waals surface area contributed by atoms with E-state index in [2.05, 4.69) is 10.3 Å². The van der Waals surface area contributed by atoms with Gasteiger partial charge in [-0.3, -0.25) is 9.59 Å². The van der Waals surface area contributed by atoms with Gasteiger partial charge in [-0.1, -0.05) is 23.7 Å². The van der Waals surface area contributed by atoms with E-state index in [1.807, 2.05) is 0 Å². The first kappa shape index (κ1) is 22.1. The zero-order valence-electron chi connectivity index (χ0n) is 15.5. The second-order valence-corrected chi connectivity index (χ2v) is 9.21. The Morgan fingerprint density at radius 3 is 2.43 bits per heavy atom. The summed E-state index contributed by atoms with van der Waals surface area (Å²) in [4.78, 5) is 25.1. The van der Waals surface area contributed by atoms with Crippen molar-refractivity contribution in [1.82, 2.24) is 10.3 Å². The fourth-order valence-electron chi connectivity index (χ4n) is 3.16. The quantitative estimate of drug-likeness (QED) is 0.732. The Morgan fingerprint density at radius 1 is 1.20 bits per heavy atom. The van der Waals surface area contributed by atoms with Crippen molar-refractivity contribution in [3.8, 4) is 0 Å². The molecule has 1 aromatic carbocycles. The Hall–Kier alpha value is -2.59. The zero-order chi connectivity index (χ0) is 22.3. The van der Waals surface area contributed by atoms with Crippen molar-refractivity contribution in [2.75, 3.05) is 6.26 Å². The third-order valence-corrected chi connectivity index (χ3v) is 6.00. The molecular formula is C19H16ClF3N2O4S. The monoisotopic (exact) mass is 460 g/mol. The van der Waals surface area contributed by atoms with Crippen molar-refractivity contribution in [3.05, 3.63) is 68.6 Å². The molecule has 0 spiro atoms. The molecule has 0 radical (unpaired) electrons. The lowest BCUT2D eigenvalue weighted by molar-refractivity contribution is -0.139. The number of halogens is 4. The molecule has 11 heteroatoms. The number of carbonyl (C=O) groups is 1. The number of benzene rings is 1. The molecule has 2 heterocycles. The maximum absolute atomic E-state index is 13.6. The highest BCUT2D eigenvalue weighted by Gasteiger charge is 2.36. The van der Waals surface area contributed by atoms with Crippen molar-refractivity contribution >= 4 is 32.9 Å². The van der Waals surface area contributed by atoms with E-state index in [4.69, 9.17) is 11.6 Å². The van der Waals surface area contributed by atoms with E-state index in [0.717, 1.165) is 6.07 Å². The van der Waals surface area contributed by atoms with Crippen LogP contribution in [0.5, 0.6) is 0 Å². The molecule has 1 saturated heterocycles. The van der Waals surface area contributed by atoms with Gasteiger partial charge in [0.05, 0.1) is 10.5 Å². The molecule has 160 valence electrons. The summed E-state index contributed by atoms with van der Waals surface area (Å²) in [7, 11) is -4.14. The fourth-order valence-corrected chi connectivity index (χ4v) is 4.16. The van der Waals surface area contributed by atoms with Crippen LogP contribution in [0.1, 0.15) is 29.7 Å². The van der Waals surface area contributed by atoms with E-state index in [9.17, 15) is 31.2 Å². The van der Waals surface area contributed by atoms with E-state index in [-0.39, 0.29) is 34.2 Å². The fraction of sp³-hybridized carbons (Fsp3) is 0.263. The molecule has 3 rings (SSSR count). The van der Waals surface area contributed by atoms with Gasteiger partial charge in [-0.05, 0) is 36.2 Å². The number of nitrogens with one attached hydrogen (secondary N) is 2. The van der Waals surface area contributed by atoms with Gasteiger partial charge in [0.15, 0.2) is 9.84 Å². The van der Waals surface area contributed by atoms with Crippen molar-refractivity contribution < 1.29 is 26.4 Å². The molecule has 0 bridgehead atoms. The maximum atomic E-state index is 13.6. The average Bonchev–Trinajstić information content (AvgIpc) is 3.05. The molecule has 0 aliphatic carbocycles. The minimum Gasteiger partial charge on any atom is -0.350 e. The van der Waals surface area contributed by atoms with Gasteiger partial charge in [-0.25, -0.2) is 8.42 Å². The van der Waals surface area contributed by atoms with Crippen LogP contribution < -0.4 is 10.9 Å². The molecule has 1 aliphatic rings. The first-order valence-corrected chi connectivity index (χ1v) is 11.0. The smallest absolute Gasteiger partial charge is 0.350 e. The first-order chi connectivity index (χ1) is 13.9. The Balaban J connectivity index is 2.23. The summed E-state index contributed by atoms with van der Waals surface area (Å²) >= 11 is 5.74. The van der Waals surface area contributed by atoms with E-state index in [0.29, 0.717) is 18.7 Å². The number of pyridine rings is 1. The van der Waals surface area contributed by atoms with E-state index in [1.165, 1.54) is 24.3 Å². The van der Waals surface area contributed by atoms with Gasteiger partial charge in [-0.15, -0.1) is 0 Å². The van der Waals surface area contributed by atoms with Gasteiger partial charge >= 0.3 is 6.18 Å². The van der Waals surface area contributed by atoms with Gasteiger partial charge < -0.3 is 10.3 Å². The van der Waals surface area contributed by atoms with Crippen LogP contribution in [-0.2, 0) is 20.8 Å². The highest BCUT2D eigenvalue weighted by Crippen LogP contribution is 2.37. The summed E-state index contributed by atoms with van der Waals surface area (Å²) in [6.07, 6.45) is -2.02. The van der Waals surface area contributed by atoms with Crippen LogP contribution >= 0.6 is 11.6 Å². The predicted octanol–water partition coefficient (Wildman–Crippen LogP) is 3.16. The van der Waals surface area contributed by atoms with Gasteiger partial charge in [0.2, 0.25) is 5.91 Å². The summed E-state index contributed by atoms with van der Waals surface area (Å²) in [5, 5.41) is 2.58. The second-order valence-electron chi connectivity index (χ2n) is 6.82. The van der Waals surface area contributed by atoms with Crippen molar-refractivity contribution in [2.45, 2.75) is 30.0 Å². The lowest BCUT2D eigenvalue weighted by Crippen LogP contribution is -2.23. The molecule has 1 aliphatic heterocycles. The molecule has 1 aromatic heterocycles. The summed E-state index contributed by atoms with van der Waals surface area (Å²) in [5.74, 6) is -0.205. The van der Waals surface area contributed by atoms with Crippen LogP contribution in [0.15, 0.2) is 46.1 Å². The lowest BCUT2D eigenvalue weighted by Gasteiger charge is -2.16. The van der Waals surface area contributed by atoms with Gasteiger partial charge in [-0.2, -0.15) is 13.2 Å². The van der Waals surface area contributed by atoms with Crippen LogP contribution in [-0.4, -0.2) is 31.6 Å². The number of amides is 1. The number of hydrogen-bond acceptors (Lipinski definition) is 4. The summed E-state index contributed by atoms with van der Waals surface area (Å²) < 4.78 is 64.4. The maximum Gasteiger partial charge on any atom is 0.417 e. The SMILES string of the molecule is CS(=O)(=O)c1ccc(/C(=C\[C@H]2CCC(=O)N2)c2ccc(Cl)c(=O)[nH]2)cc1C(F)(F)F. The van der Waals surface area contributed by atoms with Gasteiger partial charge in [0.1, 0.15) is 5.02 Å². The van der Waals surface area contributed by atoms with E-state index in [1.54, 1.807) is 0 Å². The predicted molar refractivity (Wildman–Crippen MR) is 105 cm³/mol. The second kappa shape index (κ2) is 7.92. The van der Waals surface area contributed by atoms with Crippen molar-refractivity contribution in [2.24, 2.45) is 0 Å². The van der Waals surface area contributed by atoms with Gasteiger partial charge in [0, 0.05) is 30.0 Å². The Kier molecular flexibility index (Phi) is 5.83. The first-order valence-electron chi connectivity index (χ1n) is 8.68. The molecule has 0 unspecified atom stereocenters. The number of H-pyrrole nitrogens is 1. The molecule has 1 atom stereocenters. The standard InChI is InChI=1S/C19H16ClF3N2O4S/c1-30(28,29)16-6-2-10(8-13(16)19(21,22)23)12(9-11-3-7-17(26)24-11)15-5-4-14(20)18(27)25-15/h2,4-6,8-9,11H,3,7H2,1H3,(H,24,26)(H,25,27)/b12-9+/t11-/m1/s1. The lowest BCUT2D eigenvalue weighted by atomic mass is 9.97. The number of alkyl halides is 3. The number of sulfone groups is 1. The van der Waals surface area contributed by atoms with Gasteiger partial charge in [0.25, 0.3) is 5.56 Å². The molecular weight excluding hydrogens is 445 g/mol. The average molecular weight is 461 g/mol. The topological polar surface area (TPSA) is 96.1 Å². The molecule has 0 saturated carbocycles. The molecule has 2 aromatic rings. The molecule has 6 nitrogen and oxygen atoms in total. The highest BCUT2D eigenvalue weighted by molar-refractivity contribution is 7.90. The van der Waals surface area contributed by atoms with E-state index < -0.39 is 38.1 Å². The Labute approximate surface area is 174 Å². The summed E-state index contributed by atoms with van der Waals surface area (Å²) in [6.45, 7) is 0. The normalized spacial score (nSPS) is 17.8. The van der Waals surface area contributed by atoms with Crippen LogP contribution in [0.4, 0.5) is 13.2 Å². The molecule has 30 heavy (non-hydrogen) atoms. The van der Waals surface area contributed by atoms with Crippen LogP contribution in [0, 0.1) is 0 Å². The highest BCUT2D eigenvalue weighted by atomic mass is 35.5. The molecule has 1 amide bonds. The molecule has 1 fully saturated rings.